The molecule has 4 rings (SSSR count). The van der Waals surface area contributed by atoms with Gasteiger partial charge in [0.05, 0.1) is 18.8 Å². The molecule has 166 valence electrons. The van der Waals surface area contributed by atoms with Crippen molar-refractivity contribution in [3.8, 4) is 5.75 Å². The Kier molecular flexibility index (Phi) is 5.81. The third-order valence-corrected chi connectivity index (χ3v) is 5.55. The average Bonchev–Trinajstić information content (AvgIpc) is 2.72. The van der Waals surface area contributed by atoms with E-state index in [4.69, 9.17) is 9.47 Å². The van der Waals surface area contributed by atoms with Gasteiger partial charge in [-0.2, -0.15) is 13.2 Å². The lowest BCUT2D eigenvalue weighted by Gasteiger charge is -2.37. The number of likely N-dealkylation sites (tertiary alicyclic amines) is 1. The molecule has 2 aliphatic heterocycles. The van der Waals surface area contributed by atoms with Gasteiger partial charge in [-0.1, -0.05) is 12.1 Å². The zero-order chi connectivity index (χ0) is 22.1. The molecule has 0 unspecified atom stereocenters. The summed E-state index contributed by atoms with van der Waals surface area (Å²) in [6, 6.07) is 11.4. The summed E-state index contributed by atoms with van der Waals surface area (Å²) in [5.74, 6) is 0.380. The number of hydrogen-bond donors (Lipinski definition) is 2. The van der Waals surface area contributed by atoms with Crippen LogP contribution in [0.4, 0.5) is 23.7 Å². The molecule has 2 aromatic carbocycles. The fraction of sp³-hybridized carbons (Fsp3) is 0.409. The fourth-order valence-electron chi connectivity index (χ4n) is 3.64. The van der Waals surface area contributed by atoms with Crippen LogP contribution < -0.4 is 10.1 Å². The van der Waals surface area contributed by atoms with Crippen LogP contribution in [0.5, 0.6) is 5.75 Å². The number of urea groups is 1. The molecule has 0 bridgehead atoms. The van der Waals surface area contributed by atoms with E-state index in [1.807, 2.05) is 0 Å². The molecule has 2 aromatic rings. The van der Waals surface area contributed by atoms with E-state index in [0.29, 0.717) is 42.9 Å². The minimum absolute atomic E-state index is 0.169. The van der Waals surface area contributed by atoms with Crippen LogP contribution in [0.1, 0.15) is 24.0 Å². The third-order valence-electron chi connectivity index (χ3n) is 5.55. The molecule has 31 heavy (non-hydrogen) atoms. The summed E-state index contributed by atoms with van der Waals surface area (Å²) in [6.07, 6.45) is -3.39. The SMILES string of the molecule is O=C(Nc1cccc(C2(O)COC2)c1)N1CCC(Oc2ccc(C(F)(F)F)cc2)CC1. The van der Waals surface area contributed by atoms with Crippen molar-refractivity contribution < 1.29 is 32.5 Å². The number of amides is 2. The standard InChI is InChI=1S/C22H23F3N2O4/c23-22(24,25)15-4-6-18(7-5-15)31-19-8-10-27(11-9-19)20(28)26-17-3-1-2-16(12-17)21(29)13-30-14-21/h1-7,12,19,29H,8-11,13-14H2,(H,26,28). The summed E-state index contributed by atoms with van der Waals surface area (Å²) in [5.41, 5.74) is -0.437. The van der Waals surface area contributed by atoms with Crippen molar-refractivity contribution in [1.82, 2.24) is 4.90 Å². The number of carbonyl (C=O) groups is 1. The van der Waals surface area contributed by atoms with Gasteiger partial charge in [-0.05, 0) is 42.0 Å². The normalized spacial score (nSPS) is 18.9. The van der Waals surface area contributed by atoms with E-state index < -0.39 is 17.3 Å². The first-order valence-electron chi connectivity index (χ1n) is 10.0. The Hall–Kier alpha value is -2.78. The van der Waals surface area contributed by atoms with Crippen molar-refractivity contribution in [2.24, 2.45) is 0 Å². The van der Waals surface area contributed by atoms with Crippen molar-refractivity contribution in [3.63, 3.8) is 0 Å². The van der Waals surface area contributed by atoms with Crippen LogP contribution in [0.3, 0.4) is 0 Å². The largest absolute Gasteiger partial charge is 0.490 e. The highest BCUT2D eigenvalue weighted by molar-refractivity contribution is 5.89. The zero-order valence-corrected chi connectivity index (χ0v) is 16.7. The van der Waals surface area contributed by atoms with Gasteiger partial charge in [0.15, 0.2) is 0 Å². The molecule has 2 fully saturated rings. The third kappa shape index (κ3) is 4.94. The highest BCUT2D eigenvalue weighted by Gasteiger charge is 2.38. The number of hydrogen-bond acceptors (Lipinski definition) is 4. The quantitative estimate of drug-likeness (QED) is 0.760. The Morgan fingerprint density at radius 1 is 1.13 bits per heavy atom. The molecule has 0 aliphatic carbocycles. The van der Waals surface area contributed by atoms with Gasteiger partial charge in [-0.25, -0.2) is 4.79 Å². The van der Waals surface area contributed by atoms with Crippen molar-refractivity contribution in [3.05, 3.63) is 59.7 Å². The Balaban J connectivity index is 1.28. The maximum Gasteiger partial charge on any atom is 0.416 e. The summed E-state index contributed by atoms with van der Waals surface area (Å²) in [6.45, 7) is 1.40. The summed E-state index contributed by atoms with van der Waals surface area (Å²) in [4.78, 5) is 14.3. The molecule has 2 N–H and O–H groups in total. The predicted molar refractivity (Wildman–Crippen MR) is 107 cm³/mol. The number of nitrogens with one attached hydrogen (secondary N) is 1. The Bertz CT molecular complexity index is 921. The summed E-state index contributed by atoms with van der Waals surface area (Å²) >= 11 is 0. The van der Waals surface area contributed by atoms with Gasteiger partial charge in [-0.3, -0.25) is 0 Å². The van der Waals surface area contributed by atoms with Crippen LogP contribution >= 0.6 is 0 Å². The fourth-order valence-corrected chi connectivity index (χ4v) is 3.64. The average molecular weight is 436 g/mol. The van der Waals surface area contributed by atoms with Crippen molar-refractivity contribution in [2.75, 3.05) is 31.6 Å². The molecule has 2 heterocycles. The predicted octanol–water partition coefficient (Wildman–Crippen LogP) is 4.00. The number of ether oxygens (including phenoxy) is 2. The van der Waals surface area contributed by atoms with Crippen LogP contribution in [-0.2, 0) is 16.5 Å². The number of aliphatic hydroxyl groups is 1. The van der Waals surface area contributed by atoms with E-state index >= 15 is 0 Å². The first kappa shape index (κ1) is 21.5. The number of halogens is 3. The van der Waals surface area contributed by atoms with E-state index in [2.05, 4.69) is 5.32 Å². The van der Waals surface area contributed by atoms with Gasteiger partial charge < -0.3 is 24.8 Å². The van der Waals surface area contributed by atoms with Crippen molar-refractivity contribution in [1.29, 1.82) is 0 Å². The Morgan fingerprint density at radius 3 is 2.39 bits per heavy atom. The van der Waals surface area contributed by atoms with Gasteiger partial charge in [-0.15, -0.1) is 0 Å². The molecule has 9 heteroatoms. The monoisotopic (exact) mass is 436 g/mol. The minimum Gasteiger partial charge on any atom is -0.490 e. The van der Waals surface area contributed by atoms with E-state index in [1.165, 1.54) is 12.1 Å². The lowest BCUT2D eigenvalue weighted by atomic mass is 9.92. The second-order valence-corrected chi connectivity index (χ2v) is 7.86. The topological polar surface area (TPSA) is 71.0 Å². The number of nitrogens with zero attached hydrogens (tertiary/aromatic N) is 1. The lowest BCUT2D eigenvalue weighted by Crippen LogP contribution is -2.46. The highest BCUT2D eigenvalue weighted by atomic mass is 19.4. The van der Waals surface area contributed by atoms with E-state index in [9.17, 15) is 23.1 Å². The molecule has 0 saturated carbocycles. The Morgan fingerprint density at radius 2 is 1.81 bits per heavy atom. The zero-order valence-electron chi connectivity index (χ0n) is 16.7. The van der Waals surface area contributed by atoms with Crippen molar-refractivity contribution in [2.45, 2.75) is 30.7 Å². The molecule has 0 radical (unpaired) electrons. The second kappa shape index (κ2) is 8.39. The smallest absolute Gasteiger partial charge is 0.416 e. The van der Waals surface area contributed by atoms with Crippen molar-refractivity contribution >= 4 is 11.7 Å². The van der Waals surface area contributed by atoms with Crippen LogP contribution in [0.25, 0.3) is 0 Å². The Labute approximate surface area is 177 Å². The van der Waals surface area contributed by atoms with Gasteiger partial charge in [0.2, 0.25) is 0 Å². The number of benzene rings is 2. The number of anilines is 1. The number of alkyl halides is 3. The summed E-state index contributed by atoms with van der Waals surface area (Å²) in [5, 5.41) is 13.2. The first-order valence-corrected chi connectivity index (χ1v) is 10.0. The number of carbonyl (C=O) groups excluding carboxylic acids is 1. The lowest BCUT2D eigenvalue weighted by molar-refractivity contribution is -0.184. The van der Waals surface area contributed by atoms with Gasteiger partial charge in [0, 0.05) is 31.6 Å². The van der Waals surface area contributed by atoms with Gasteiger partial charge >= 0.3 is 12.2 Å². The molecule has 0 spiro atoms. The van der Waals surface area contributed by atoms with Crippen LogP contribution in [0, 0.1) is 0 Å². The van der Waals surface area contributed by atoms with Crippen LogP contribution in [0.2, 0.25) is 0 Å². The number of rotatable bonds is 4. The molecule has 0 atom stereocenters. The maximum atomic E-state index is 12.7. The molecular formula is C22H23F3N2O4. The molecule has 2 amide bonds. The van der Waals surface area contributed by atoms with Gasteiger partial charge in [0.1, 0.15) is 17.5 Å². The molecule has 0 aromatic heterocycles. The molecule has 2 saturated heterocycles. The number of piperidine rings is 1. The van der Waals surface area contributed by atoms with E-state index in [0.717, 1.165) is 12.1 Å². The summed E-state index contributed by atoms with van der Waals surface area (Å²) in [7, 11) is 0. The highest BCUT2D eigenvalue weighted by Crippen LogP contribution is 2.32. The van der Waals surface area contributed by atoms with E-state index in [1.54, 1.807) is 29.2 Å². The molecule has 6 nitrogen and oxygen atoms in total. The molecular weight excluding hydrogens is 413 g/mol. The van der Waals surface area contributed by atoms with Gasteiger partial charge in [0.25, 0.3) is 0 Å². The minimum atomic E-state index is -4.37. The van der Waals surface area contributed by atoms with Crippen LogP contribution in [-0.4, -0.2) is 48.4 Å². The van der Waals surface area contributed by atoms with Crippen LogP contribution in [0.15, 0.2) is 48.5 Å². The summed E-state index contributed by atoms with van der Waals surface area (Å²) < 4.78 is 48.8. The second-order valence-electron chi connectivity index (χ2n) is 7.86. The maximum absolute atomic E-state index is 12.7. The molecule has 2 aliphatic rings. The van der Waals surface area contributed by atoms with E-state index in [-0.39, 0.29) is 25.3 Å². The first-order chi connectivity index (χ1) is 14.7.